The van der Waals surface area contributed by atoms with Crippen LogP contribution in [0.25, 0.3) is 0 Å². The molecule has 7 heteroatoms. The number of carbonyl (C=O) groups is 2. The minimum absolute atomic E-state index is 0.0751. The number of carboxylic acids is 1. The van der Waals surface area contributed by atoms with E-state index in [1.165, 1.54) is 12.5 Å². The maximum Gasteiger partial charge on any atom is 0.408 e. The number of hydrogen-bond donors (Lipinski definition) is 3. The SMILES string of the molecule is [2H]CC(C)(C)OC(=O)N[C@@H](Cc1cnc[nH]1)C(=O)O. The highest BCUT2D eigenvalue weighted by Gasteiger charge is 2.24. The molecule has 0 saturated carbocycles. The molecule has 0 aliphatic carbocycles. The first-order valence-electron chi connectivity index (χ1n) is 6.03. The van der Waals surface area contributed by atoms with Crippen LogP contribution in [-0.2, 0) is 16.0 Å². The molecule has 0 bridgehead atoms. The molecule has 7 nitrogen and oxygen atoms in total. The first kappa shape index (κ1) is 12.4. The lowest BCUT2D eigenvalue weighted by atomic mass is 10.1. The molecule has 1 aromatic rings. The van der Waals surface area contributed by atoms with Gasteiger partial charge in [-0.15, -0.1) is 0 Å². The van der Waals surface area contributed by atoms with Gasteiger partial charge in [0.2, 0.25) is 0 Å². The van der Waals surface area contributed by atoms with E-state index in [2.05, 4.69) is 15.3 Å². The Morgan fingerprint density at radius 3 is 2.94 bits per heavy atom. The summed E-state index contributed by atoms with van der Waals surface area (Å²) in [5.41, 5.74) is -0.367. The molecule has 0 aliphatic heterocycles. The van der Waals surface area contributed by atoms with Crippen molar-refractivity contribution in [3.05, 3.63) is 18.2 Å². The van der Waals surface area contributed by atoms with Gasteiger partial charge in [-0.25, -0.2) is 14.6 Å². The predicted octanol–water partition coefficient (Wildman–Crippen LogP) is 0.930. The zero-order chi connectivity index (χ0) is 14.5. The number of H-pyrrole nitrogens is 1. The van der Waals surface area contributed by atoms with E-state index in [-0.39, 0.29) is 13.3 Å². The molecule has 0 aromatic carbocycles. The number of amides is 1. The van der Waals surface area contributed by atoms with Gasteiger partial charge in [-0.1, -0.05) is 0 Å². The third-order valence-corrected chi connectivity index (χ3v) is 1.94. The maximum atomic E-state index is 11.6. The van der Waals surface area contributed by atoms with Gasteiger partial charge in [-0.05, 0) is 20.7 Å². The molecule has 0 saturated heterocycles. The first-order chi connectivity index (χ1) is 8.84. The Balaban J connectivity index is 2.59. The Labute approximate surface area is 106 Å². The molecular weight excluding hydrogens is 238 g/mol. The quantitative estimate of drug-likeness (QED) is 0.743. The molecule has 0 fully saturated rings. The van der Waals surface area contributed by atoms with Crippen LogP contribution in [0.5, 0.6) is 0 Å². The van der Waals surface area contributed by atoms with Crippen LogP contribution in [0, 0.1) is 0 Å². The zero-order valence-electron chi connectivity index (χ0n) is 11.3. The summed E-state index contributed by atoms with van der Waals surface area (Å²) in [4.78, 5) is 29.1. The van der Waals surface area contributed by atoms with Crippen molar-refractivity contribution in [2.45, 2.75) is 38.8 Å². The summed E-state index contributed by atoms with van der Waals surface area (Å²) < 4.78 is 12.1. The third kappa shape index (κ3) is 4.86. The molecule has 1 amide bonds. The van der Waals surface area contributed by atoms with Crippen LogP contribution in [0.4, 0.5) is 4.79 Å². The van der Waals surface area contributed by atoms with Crippen LogP contribution >= 0.6 is 0 Å². The van der Waals surface area contributed by atoms with Crippen molar-refractivity contribution in [3.63, 3.8) is 0 Å². The van der Waals surface area contributed by atoms with Crippen LogP contribution in [0.2, 0.25) is 0 Å². The summed E-state index contributed by atoms with van der Waals surface area (Å²) in [6.07, 6.45) is 2.13. The summed E-state index contributed by atoms with van der Waals surface area (Å²) in [5, 5.41) is 11.3. The molecule has 1 rings (SSSR count). The number of nitrogens with one attached hydrogen (secondary N) is 2. The average molecular weight is 256 g/mol. The fourth-order valence-corrected chi connectivity index (χ4v) is 1.24. The van der Waals surface area contributed by atoms with Gasteiger partial charge in [-0.3, -0.25) is 0 Å². The zero-order valence-corrected chi connectivity index (χ0v) is 10.3. The number of ether oxygens (including phenoxy) is 1. The Kier molecular flexibility index (Phi) is 3.81. The number of alkyl carbamates (subject to hydrolysis) is 1. The molecule has 0 spiro atoms. The second kappa shape index (κ2) is 5.52. The second-order valence-electron chi connectivity index (χ2n) is 4.47. The summed E-state index contributed by atoms with van der Waals surface area (Å²) >= 11 is 0. The average Bonchev–Trinajstić information content (AvgIpc) is 2.80. The number of carboxylic acid groups (broad SMARTS) is 1. The molecule has 18 heavy (non-hydrogen) atoms. The predicted molar refractivity (Wildman–Crippen MR) is 63.1 cm³/mol. The van der Waals surface area contributed by atoms with Gasteiger partial charge in [0.05, 0.1) is 6.33 Å². The Morgan fingerprint density at radius 1 is 1.72 bits per heavy atom. The molecule has 0 unspecified atom stereocenters. The molecule has 1 atom stereocenters. The minimum atomic E-state index is -1.17. The third-order valence-electron chi connectivity index (χ3n) is 1.94. The summed E-state index contributed by atoms with van der Waals surface area (Å²) in [6, 6.07) is -1.12. The number of aromatic amines is 1. The summed E-state index contributed by atoms with van der Waals surface area (Å²) in [7, 11) is 0. The largest absolute Gasteiger partial charge is 0.480 e. The van der Waals surface area contributed by atoms with Crippen molar-refractivity contribution in [3.8, 4) is 0 Å². The highest BCUT2D eigenvalue weighted by molar-refractivity contribution is 5.80. The normalized spacial score (nSPS) is 13.6. The van der Waals surface area contributed by atoms with Gasteiger partial charge in [0.15, 0.2) is 0 Å². The van der Waals surface area contributed by atoms with E-state index >= 15 is 0 Å². The number of rotatable bonds is 4. The topological polar surface area (TPSA) is 104 Å². The number of aromatic nitrogens is 2. The Hall–Kier alpha value is -2.05. The second-order valence-corrected chi connectivity index (χ2v) is 4.47. The molecular formula is C11H17N3O4. The standard InChI is InChI=1S/C11H17N3O4/c1-11(2,3)18-10(17)14-8(9(15)16)4-7-5-12-6-13-7/h5-6,8H,4H2,1-3H3,(H,12,13)(H,14,17)(H,15,16)/t8-/m0/s1/i1D. The van der Waals surface area contributed by atoms with Crippen LogP contribution in [0.3, 0.4) is 0 Å². The van der Waals surface area contributed by atoms with Crippen LogP contribution < -0.4 is 5.32 Å². The van der Waals surface area contributed by atoms with E-state index in [1.54, 1.807) is 13.8 Å². The van der Waals surface area contributed by atoms with E-state index in [4.69, 9.17) is 11.2 Å². The summed E-state index contributed by atoms with van der Waals surface area (Å²) in [5.74, 6) is -1.17. The van der Waals surface area contributed by atoms with E-state index < -0.39 is 23.7 Å². The smallest absolute Gasteiger partial charge is 0.408 e. The van der Waals surface area contributed by atoms with Gasteiger partial charge < -0.3 is 20.1 Å². The lowest BCUT2D eigenvalue weighted by Crippen LogP contribution is -2.44. The van der Waals surface area contributed by atoms with Crippen molar-refractivity contribution < 1.29 is 20.8 Å². The number of nitrogens with zero attached hydrogens (tertiary/aromatic N) is 1. The van der Waals surface area contributed by atoms with Crippen LogP contribution in [0.15, 0.2) is 12.5 Å². The lowest BCUT2D eigenvalue weighted by Gasteiger charge is -2.21. The number of aliphatic carboxylic acids is 1. The van der Waals surface area contributed by atoms with Crippen molar-refractivity contribution in [2.24, 2.45) is 0 Å². The molecule has 0 radical (unpaired) electrons. The van der Waals surface area contributed by atoms with E-state index in [9.17, 15) is 9.59 Å². The van der Waals surface area contributed by atoms with Crippen LogP contribution in [-0.4, -0.2) is 38.8 Å². The molecule has 1 heterocycles. The highest BCUT2D eigenvalue weighted by Crippen LogP contribution is 2.07. The highest BCUT2D eigenvalue weighted by atomic mass is 16.6. The fraction of sp³-hybridized carbons (Fsp3) is 0.545. The maximum absolute atomic E-state index is 11.6. The van der Waals surface area contributed by atoms with E-state index in [0.717, 1.165) is 0 Å². The van der Waals surface area contributed by atoms with Gasteiger partial charge >= 0.3 is 12.1 Å². The van der Waals surface area contributed by atoms with Gasteiger partial charge in [0, 0.05) is 19.7 Å². The van der Waals surface area contributed by atoms with Crippen molar-refractivity contribution in [1.29, 1.82) is 0 Å². The van der Waals surface area contributed by atoms with Crippen LogP contribution in [0.1, 0.15) is 27.8 Å². The van der Waals surface area contributed by atoms with E-state index in [1.807, 2.05) is 0 Å². The van der Waals surface area contributed by atoms with E-state index in [0.29, 0.717) is 5.69 Å². The van der Waals surface area contributed by atoms with Crippen molar-refractivity contribution in [2.75, 3.05) is 0 Å². The monoisotopic (exact) mass is 256 g/mol. The first-order valence-corrected chi connectivity index (χ1v) is 5.33. The molecule has 1 aromatic heterocycles. The molecule has 100 valence electrons. The Bertz CT molecular complexity index is 433. The number of hydrogen-bond acceptors (Lipinski definition) is 4. The Morgan fingerprint density at radius 2 is 2.44 bits per heavy atom. The van der Waals surface area contributed by atoms with Gasteiger partial charge in [-0.2, -0.15) is 0 Å². The lowest BCUT2D eigenvalue weighted by molar-refractivity contribution is -0.139. The minimum Gasteiger partial charge on any atom is -0.480 e. The number of imidazole rings is 1. The number of carbonyl (C=O) groups excluding carboxylic acids is 1. The fourth-order valence-electron chi connectivity index (χ4n) is 1.24. The molecule has 0 aliphatic rings. The molecule has 3 N–H and O–H groups in total. The summed E-state index contributed by atoms with van der Waals surface area (Å²) in [6.45, 7) is 3.03. The van der Waals surface area contributed by atoms with Crippen molar-refractivity contribution in [1.82, 2.24) is 15.3 Å². The van der Waals surface area contributed by atoms with Crippen molar-refractivity contribution >= 4 is 12.1 Å². The van der Waals surface area contributed by atoms with Gasteiger partial charge in [0.1, 0.15) is 11.6 Å². The van der Waals surface area contributed by atoms with Gasteiger partial charge in [0.25, 0.3) is 0 Å².